The highest BCUT2D eigenvalue weighted by atomic mass is 32.2. The Balaban J connectivity index is 1.74. The monoisotopic (exact) mass is 304 g/mol. The van der Waals surface area contributed by atoms with Crippen LogP contribution >= 0.6 is 23.1 Å². The van der Waals surface area contributed by atoms with E-state index in [1.807, 2.05) is 18.5 Å². The average Bonchev–Trinajstić information content (AvgIpc) is 3.08. The van der Waals surface area contributed by atoms with Crippen LogP contribution in [0.15, 0.2) is 27.9 Å². The molecule has 0 saturated carbocycles. The van der Waals surface area contributed by atoms with Gasteiger partial charge in [-0.15, -0.1) is 11.3 Å². The van der Waals surface area contributed by atoms with Crippen molar-refractivity contribution in [3.8, 4) is 0 Å². The molecule has 3 aromatic heterocycles. The maximum Gasteiger partial charge on any atom is 0.271 e. The second-order valence-corrected chi connectivity index (χ2v) is 6.77. The van der Waals surface area contributed by atoms with Gasteiger partial charge >= 0.3 is 0 Å². The fourth-order valence-corrected chi connectivity index (χ4v) is 4.30. The molecular weight excluding hydrogens is 292 g/mol. The van der Waals surface area contributed by atoms with Crippen LogP contribution in [0, 0.1) is 6.92 Å². The molecule has 0 N–H and O–H groups in total. The molecule has 0 aliphatic carbocycles. The second kappa shape index (κ2) is 4.46. The van der Waals surface area contributed by atoms with Gasteiger partial charge in [0.1, 0.15) is 4.70 Å². The summed E-state index contributed by atoms with van der Waals surface area (Å²) in [5.74, 6) is 1.09. The Labute approximate surface area is 123 Å². The standard InChI is InChI=1S/C13H12N4OS2/c1-8-6-20-11-10(8)14-7-17(12(11)18)5-9-4-16-2-3-19-13(16)15-9/h4,6-7H,2-3,5H2,1H3. The first-order valence-electron chi connectivity index (χ1n) is 6.34. The van der Waals surface area contributed by atoms with E-state index in [9.17, 15) is 4.79 Å². The summed E-state index contributed by atoms with van der Waals surface area (Å²) < 4.78 is 4.51. The number of aromatic nitrogens is 4. The molecule has 102 valence electrons. The summed E-state index contributed by atoms with van der Waals surface area (Å²) in [5.41, 5.74) is 2.82. The van der Waals surface area contributed by atoms with Gasteiger partial charge in [0, 0.05) is 18.5 Å². The summed E-state index contributed by atoms with van der Waals surface area (Å²) in [6, 6.07) is 0. The maximum absolute atomic E-state index is 12.4. The van der Waals surface area contributed by atoms with Crippen LogP contribution in [-0.4, -0.2) is 24.9 Å². The zero-order valence-corrected chi connectivity index (χ0v) is 12.5. The molecule has 0 atom stereocenters. The summed E-state index contributed by atoms with van der Waals surface area (Å²) in [6.45, 7) is 3.47. The highest BCUT2D eigenvalue weighted by Crippen LogP contribution is 2.25. The van der Waals surface area contributed by atoms with Gasteiger partial charge in [0.2, 0.25) is 0 Å². The first-order valence-corrected chi connectivity index (χ1v) is 8.21. The van der Waals surface area contributed by atoms with Crippen molar-refractivity contribution >= 4 is 33.3 Å². The fourth-order valence-electron chi connectivity index (χ4n) is 2.39. The minimum absolute atomic E-state index is 0.0221. The van der Waals surface area contributed by atoms with Crippen molar-refractivity contribution in [2.24, 2.45) is 0 Å². The van der Waals surface area contributed by atoms with Gasteiger partial charge in [0.15, 0.2) is 5.16 Å². The second-order valence-electron chi connectivity index (χ2n) is 4.83. The van der Waals surface area contributed by atoms with Crippen molar-refractivity contribution in [3.63, 3.8) is 0 Å². The molecule has 3 aromatic rings. The maximum atomic E-state index is 12.4. The van der Waals surface area contributed by atoms with Crippen LogP contribution in [0.3, 0.4) is 0 Å². The largest absolute Gasteiger partial charge is 0.325 e. The van der Waals surface area contributed by atoms with Crippen LogP contribution in [0.2, 0.25) is 0 Å². The summed E-state index contributed by atoms with van der Waals surface area (Å²) >= 11 is 3.22. The number of nitrogens with zero attached hydrogens (tertiary/aromatic N) is 4. The van der Waals surface area contributed by atoms with E-state index in [1.54, 1.807) is 22.7 Å². The Morgan fingerprint density at radius 3 is 3.20 bits per heavy atom. The molecule has 5 nitrogen and oxygen atoms in total. The van der Waals surface area contributed by atoms with Crippen LogP contribution in [0.5, 0.6) is 0 Å². The quantitative estimate of drug-likeness (QED) is 0.728. The lowest BCUT2D eigenvalue weighted by molar-refractivity contribution is 0.719. The van der Waals surface area contributed by atoms with E-state index in [2.05, 4.69) is 14.5 Å². The molecule has 7 heteroatoms. The molecule has 0 spiro atoms. The van der Waals surface area contributed by atoms with E-state index in [0.717, 1.165) is 38.9 Å². The molecule has 0 fully saturated rings. The van der Waals surface area contributed by atoms with Crippen molar-refractivity contribution < 1.29 is 0 Å². The highest BCUT2D eigenvalue weighted by Gasteiger charge is 2.15. The van der Waals surface area contributed by atoms with E-state index in [0.29, 0.717) is 6.54 Å². The van der Waals surface area contributed by atoms with E-state index in [4.69, 9.17) is 0 Å². The summed E-state index contributed by atoms with van der Waals surface area (Å²) in [4.78, 5) is 21.4. The van der Waals surface area contributed by atoms with Crippen LogP contribution in [-0.2, 0) is 13.1 Å². The molecular formula is C13H12N4OS2. The van der Waals surface area contributed by atoms with Gasteiger partial charge in [-0.1, -0.05) is 11.8 Å². The average molecular weight is 304 g/mol. The van der Waals surface area contributed by atoms with Gasteiger partial charge in [-0.3, -0.25) is 9.36 Å². The number of rotatable bonds is 2. The van der Waals surface area contributed by atoms with Gasteiger partial charge in [-0.2, -0.15) is 0 Å². The molecule has 1 aliphatic rings. The molecule has 0 amide bonds. The first-order chi connectivity index (χ1) is 9.72. The zero-order valence-electron chi connectivity index (χ0n) is 10.9. The third kappa shape index (κ3) is 1.81. The Morgan fingerprint density at radius 2 is 2.35 bits per heavy atom. The van der Waals surface area contributed by atoms with E-state index in [-0.39, 0.29) is 5.56 Å². The molecule has 0 saturated heterocycles. The van der Waals surface area contributed by atoms with Crippen LogP contribution in [0.1, 0.15) is 11.3 Å². The molecule has 0 aromatic carbocycles. The predicted molar refractivity (Wildman–Crippen MR) is 80.7 cm³/mol. The lowest BCUT2D eigenvalue weighted by Crippen LogP contribution is -2.20. The van der Waals surface area contributed by atoms with Gasteiger partial charge in [-0.25, -0.2) is 9.97 Å². The van der Waals surface area contributed by atoms with Crippen molar-refractivity contribution in [3.05, 3.63) is 39.5 Å². The normalized spacial score (nSPS) is 14.1. The zero-order chi connectivity index (χ0) is 13.7. The van der Waals surface area contributed by atoms with Crippen LogP contribution in [0.4, 0.5) is 0 Å². The summed E-state index contributed by atoms with van der Waals surface area (Å²) in [5, 5.41) is 3.03. The molecule has 20 heavy (non-hydrogen) atoms. The van der Waals surface area contributed by atoms with Crippen LogP contribution in [0.25, 0.3) is 10.2 Å². The number of thiophene rings is 1. The van der Waals surface area contributed by atoms with Crippen molar-refractivity contribution in [1.82, 2.24) is 19.1 Å². The first kappa shape index (κ1) is 12.2. The fraction of sp³-hybridized carbons (Fsp3) is 0.308. The van der Waals surface area contributed by atoms with Gasteiger partial charge < -0.3 is 4.57 Å². The third-order valence-corrected chi connectivity index (χ3v) is 5.45. The SMILES string of the molecule is Cc1csc2c(=O)n(Cc3cn4c(n3)SCC4)cnc12. The Morgan fingerprint density at radius 1 is 1.45 bits per heavy atom. The lowest BCUT2D eigenvalue weighted by Gasteiger charge is -2.02. The predicted octanol–water partition coefficient (Wildman–Crippen LogP) is 2.12. The molecule has 0 bridgehead atoms. The molecule has 4 heterocycles. The summed E-state index contributed by atoms with van der Waals surface area (Å²) in [6.07, 6.45) is 3.66. The van der Waals surface area contributed by atoms with E-state index >= 15 is 0 Å². The lowest BCUT2D eigenvalue weighted by atomic mass is 10.3. The van der Waals surface area contributed by atoms with Crippen LogP contribution < -0.4 is 5.56 Å². The van der Waals surface area contributed by atoms with E-state index in [1.165, 1.54) is 11.3 Å². The smallest absolute Gasteiger partial charge is 0.271 e. The van der Waals surface area contributed by atoms with Gasteiger partial charge in [0.05, 0.1) is 24.1 Å². The number of hydrogen-bond donors (Lipinski definition) is 0. The van der Waals surface area contributed by atoms with Gasteiger partial charge in [0.25, 0.3) is 5.56 Å². The molecule has 0 unspecified atom stereocenters. The highest BCUT2D eigenvalue weighted by molar-refractivity contribution is 7.99. The van der Waals surface area contributed by atoms with Crippen molar-refractivity contribution in [1.29, 1.82) is 0 Å². The topological polar surface area (TPSA) is 52.7 Å². The molecule has 1 aliphatic heterocycles. The Kier molecular flexibility index (Phi) is 2.71. The Hall–Kier alpha value is -1.60. The number of hydrogen-bond acceptors (Lipinski definition) is 5. The molecule has 4 rings (SSSR count). The minimum Gasteiger partial charge on any atom is -0.325 e. The number of imidazole rings is 1. The number of fused-ring (bicyclic) bond motifs is 2. The third-order valence-electron chi connectivity index (χ3n) is 3.41. The minimum atomic E-state index is 0.0221. The summed E-state index contributed by atoms with van der Waals surface area (Å²) in [7, 11) is 0. The van der Waals surface area contributed by atoms with E-state index < -0.39 is 0 Å². The van der Waals surface area contributed by atoms with Crippen molar-refractivity contribution in [2.75, 3.05) is 5.75 Å². The number of thioether (sulfide) groups is 1. The molecule has 0 radical (unpaired) electrons. The number of aryl methyl sites for hydroxylation is 2. The Bertz CT molecular complexity index is 839. The van der Waals surface area contributed by atoms with Gasteiger partial charge in [-0.05, 0) is 17.9 Å². The van der Waals surface area contributed by atoms with Crippen molar-refractivity contribution in [2.45, 2.75) is 25.2 Å².